The fourth-order valence-corrected chi connectivity index (χ4v) is 18.7. The number of anilines is 4. The van der Waals surface area contributed by atoms with E-state index in [1.165, 1.54) is 101 Å². The molecule has 4 saturated carbocycles. The van der Waals surface area contributed by atoms with Crippen LogP contribution in [0.1, 0.15) is 161 Å². The van der Waals surface area contributed by atoms with Crippen LogP contribution in [0.4, 0.5) is 22.7 Å². The Morgan fingerprint density at radius 2 is 0.562 bits per heavy atom. The average molecular weight is 1180 g/mol. The first-order chi connectivity index (χ1) is 45.6. The zero-order valence-corrected chi connectivity index (χ0v) is 57.2. The molecule has 4 aliphatic rings. The minimum Gasteiger partial charge on any atom is -0.399 e. The van der Waals surface area contributed by atoms with Gasteiger partial charge in [-0.15, -0.1) is 0 Å². The third-order valence-corrected chi connectivity index (χ3v) is 23.4. The Kier molecular flexibility index (Phi) is 33.7. The first-order valence-electron chi connectivity index (χ1n) is 35.8. The molecule has 418 valence electrons. The molecule has 0 saturated heterocycles. The summed E-state index contributed by atoms with van der Waals surface area (Å²) in [5.74, 6) is 4.47. The van der Waals surface area contributed by atoms with Crippen molar-refractivity contribution in [2.75, 3.05) is 22.9 Å². The molecule has 0 atom stereocenters. The highest BCUT2D eigenvalue weighted by Crippen LogP contribution is 2.47. The molecular formula is C52H70B40N4. The van der Waals surface area contributed by atoms with Gasteiger partial charge in [0, 0.05) is 307 Å². The van der Waals surface area contributed by atoms with Gasteiger partial charge in [-0.2, -0.15) is 0 Å². The van der Waals surface area contributed by atoms with Gasteiger partial charge in [-0.25, -0.2) is 0 Å². The Labute approximate surface area is 618 Å². The highest BCUT2D eigenvalue weighted by atomic mass is 14.6. The van der Waals surface area contributed by atoms with E-state index < -0.39 is 89.4 Å². The van der Waals surface area contributed by atoms with E-state index in [0.717, 1.165) is 81.3 Å². The van der Waals surface area contributed by atoms with Crippen LogP contribution in [0.3, 0.4) is 0 Å². The van der Waals surface area contributed by atoms with Crippen LogP contribution in [0, 0.1) is 23.7 Å². The number of nitrogens with two attached hydrogens (primary N) is 4. The van der Waals surface area contributed by atoms with Crippen molar-refractivity contribution in [2.24, 2.45) is 23.7 Å². The van der Waals surface area contributed by atoms with Gasteiger partial charge in [-0.1, -0.05) is 124 Å². The molecule has 4 nitrogen and oxygen atoms in total. The number of benzene rings is 4. The van der Waals surface area contributed by atoms with E-state index in [0.29, 0.717) is 52.3 Å². The van der Waals surface area contributed by atoms with Gasteiger partial charge in [-0.3, -0.25) is 0 Å². The largest absolute Gasteiger partial charge is 0.399 e. The Morgan fingerprint density at radius 1 is 0.302 bits per heavy atom. The zero-order valence-electron chi connectivity index (χ0n) is 57.2. The standard InChI is InChI=1S/C27H37B20N2.C25H33B20N2/c28-38-44(37)46(47(42(33)34)43(35)36)39(45(40(29)30)41(31)32)25-13-7-20(8-14-25)2-1-19-3-9-23(10-4-19)24-11-5-21(6-12-24)15-22-16-26(48)18-27(49)17-22;26-36-42(35)44(45(40(31)32)41(33)34)37(43(38(27)28)39(29)30)23-11-9-22(10-12-23)21-7-5-20(6-8-21)19-3-1-17(2-4-19)13-18-14-24(46)16-25(47)15-18/h5-6,11-12,16-20,23,25H,1-4,7-10,13-15,48-49H2;1-4,14-16,20-23H,5-13,46-47H2. The summed E-state index contributed by atoms with van der Waals surface area (Å²) in [4.78, 5) is 0. The van der Waals surface area contributed by atoms with Gasteiger partial charge in [0.05, 0.1) is 0 Å². The van der Waals surface area contributed by atoms with E-state index in [9.17, 15) is 0 Å². The predicted molar refractivity (Wildman–Crippen MR) is 469 cm³/mol. The summed E-state index contributed by atoms with van der Waals surface area (Å²) >= 11 is 0. The molecule has 0 spiro atoms. The smallest absolute Gasteiger partial charge is 0.0491 e. The second-order valence-electron chi connectivity index (χ2n) is 30.0. The average Bonchev–Trinajstić information content (AvgIpc) is 0.784. The molecule has 0 bridgehead atoms. The predicted octanol–water partition coefficient (Wildman–Crippen LogP) is -1.96. The van der Waals surface area contributed by atoms with Crippen LogP contribution >= 0.6 is 0 Å². The lowest BCUT2D eigenvalue weighted by molar-refractivity contribution is 0.186. The normalized spacial score (nSPS) is 20.6. The third-order valence-electron chi connectivity index (χ3n) is 23.4. The van der Waals surface area contributed by atoms with E-state index >= 15 is 0 Å². The monoisotopic (exact) mass is 1190 g/mol. The molecule has 42 radical (unpaired) electrons. The van der Waals surface area contributed by atoms with Gasteiger partial charge in [0.25, 0.3) is 0 Å². The van der Waals surface area contributed by atoms with Gasteiger partial charge < -0.3 is 22.9 Å². The van der Waals surface area contributed by atoms with Crippen LogP contribution in [-0.2, 0) is 12.8 Å². The maximum absolute atomic E-state index is 6.62. The van der Waals surface area contributed by atoms with Crippen molar-refractivity contribution in [1.82, 2.24) is 0 Å². The summed E-state index contributed by atoms with van der Waals surface area (Å²) in [5, 5.41) is 0. The van der Waals surface area contributed by atoms with Crippen molar-refractivity contribution < 1.29 is 0 Å². The molecule has 4 aromatic rings. The molecule has 4 aliphatic carbocycles. The SMILES string of the molecule is [B][B]B([B])B(B(B([B])[B])B([B])[B])B(B(B([B])[B])B([B])[B])C1CCC(C2CCC(c3ccc(Cc4cc(N)cc(N)c4)cc3)CC2)CC1.[B][B]B([B])B(B(B([B])[B])B([B])[B])B(B(B([B])[B])B([B])[B])C1CCC(CCC2CCC(c3ccc(Cc4cc(N)cc(N)c4)cc3)CC2)CC1. The van der Waals surface area contributed by atoms with Crippen LogP contribution < -0.4 is 22.9 Å². The summed E-state index contributed by atoms with van der Waals surface area (Å²) in [6, 6.07) is 29.8. The molecule has 44 heteroatoms. The number of hydrogen-bond acceptors (Lipinski definition) is 4. The van der Waals surface area contributed by atoms with Crippen LogP contribution in [0.5, 0.6) is 0 Å². The highest BCUT2D eigenvalue weighted by Gasteiger charge is 2.52. The molecule has 0 aromatic heterocycles. The molecule has 0 unspecified atom stereocenters. The van der Waals surface area contributed by atoms with Crippen molar-refractivity contribution in [3.8, 4) is 0 Å². The molecule has 8 rings (SSSR count). The summed E-state index contributed by atoms with van der Waals surface area (Å²) in [7, 11) is 129. The second kappa shape index (κ2) is 39.5. The molecule has 0 amide bonds. The van der Waals surface area contributed by atoms with Crippen LogP contribution in [0.25, 0.3) is 0 Å². The molecule has 96 heavy (non-hydrogen) atoms. The fraction of sp³-hybridized carbons (Fsp3) is 0.538. The van der Waals surface area contributed by atoms with Gasteiger partial charge in [0.2, 0.25) is 0 Å². The Hall–Kier alpha value is -1.32. The zero-order chi connectivity index (χ0) is 70.2. The minimum absolute atomic E-state index is 0.190. The van der Waals surface area contributed by atoms with Crippen LogP contribution in [0.15, 0.2) is 84.9 Å². The maximum Gasteiger partial charge on any atom is 0.0491 e. The lowest BCUT2D eigenvalue weighted by Crippen LogP contribution is -2.80. The second-order valence-corrected chi connectivity index (χ2v) is 30.0. The van der Waals surface area contributed by atoms with Crippen molar-refractivity contribution >= 4 is 307 Å². The van der Waals surface area contributed by atoms with Gasteiger partial charge in [-0.05, 0) is 169 Å². The summed E-state index contributed by atoms with van der Waals surface area (Å²) < 4.78 is 0. The molecular weight excluding hydrogens is 1110 g/mol. The number of rotatable bonds is 30. The Morgan fingerprint density at radius 3 is 0.844 bits per heavy atom. The molecule has 0 heterocycles. The maximum atomic E-state index is 6.62. The number of hydrogen-bond donors (Lipinski definition) is 4. The highest BCUT2D eigenvalue weighted by molar-refractivity contribution is 8.17. The van der Waals surface area contributed by atoms with E-state index in [-0.39, 0.29) is 37.4 Å². The molecule has 8 N–H and O–H groups in total. The molecule has 4 aromatic carbocycles. The third kappa shape index (κ3) is 23.1. The lowest BCUT2D eigenvalue weighted by atomic mass is 8.41. The topological polar surface area (TPSA) is 104 Å². The number of nitrogen functional groups attached to an aromatic ring is 4. The van der Waals surface area contributed by atoms with Crippen LogP contribution in [-0.4, -0.2) is 284 Å². The Balaban J connectivity index is 0.000000271. The van der Waals surface area contributed by atoms with Gasteiger partial charge in [0.1, 0.15) is 0 Å². The minimum atomic E-state index is -0.817. The quantitative estimate of drug-likeness (QED) is 0.0360. The Bertz CT molecular complexity index is 2820. The van der Waals surface area contributed by atoms with Gasteiger partial charge >= 0.3 is 0 Å². The lowest BCUT2D eigenvalue weighted by Gasteiger charge is -2.48. The molecule has 4 fully saturated rings. The van der Waals surface area contributed by atoms with Crippen molar-refractivity contribution in [3.05, 3.63) is 118 Å². The summed E-state index contributed by atoms with van der Waals surface area (Å²) in [6.45, 7) is -0.388. The van der Waals surface area contributed by atoms with E-state index in [1.807, 2.05) is 24.3 Å². The van der Waals surface area contributed by atoms with Crippen molar-refractivity contribution in [1.29, 1.82) is 0 Å². The fourth-order valence-electron chi connectivity index (χ4n) is 18.7. The first kappa shape index (κ1) is 82.0. The summed E-state index contributed by atoms with van der Waals surface area (Å²) in [6.07, 6.45) is 12.3. The van der Waals surface area contributed by atoms with E-state index in [1.54, 1.807) is 12.1 Å². The van der Waals surface area contributed by atoms with Gasteiger partial charge in [0.15, 0.2) is 0 Å². The first-order valence-corrected chi connectivity index (χ1v) is 35.8. The van der Waals surface area contributed by atoms with Crippen LogP contribution in [0.2, 0.25) is 11.6 Å². The van der Waals surface area contributed by atoms with E-state index in [4.69, 9.17) is 178 Å². The van der Waals surface area contributed by atoms with Crippen molar-refractivity contribution in [2.45, 2.75) is 152 Å². The van der Waals surface area contributed by atoms with Crippen molar-refractivity contribution in [3.63, 3.8) is 0 Å². The summed E-state index contributed by atoms with van der Waals surface area (Å²) in [5.41, 5.74) is 34.4. The molecule has 0 aliphatic heterocycles. The van der Waals surface area contributed by atoms with E-state index in [2.05, 4.69) is 48.5 Å².